The Labute approximate surface area is 111 Å². The zero-order valence-electron chi connectivity index (χ0n) is 11.1. The van der Waals surface area contributed by atoms with Crippen molar-refractivity contribution in [3.8, 4) is 5.88 Å². The lowest BCUT2D eigenvalue weighted by atomic mass is 9.93. The Morgan fingerprint density at radius 3 is 3.21 bits per heavy atom. The average molecular weight is 259 g/mol. The minimum atomic E-state index is 0.226. The maximum absolute atomic E-state index is 5.11. The number of anilines is 1. The van der Waals surface area contributed by atoms with Crippen molar-refractivity contribution in [2.45, 2.75) is 25.3 Å². The predicted molar refractivity (Wildman–Crippen MR) is 71.1 cm³/mol. The molecule has 2 aromatic rings. The number of fused-ring (bicyclic) bond motifs is 1. The van der Waals surface area contributed by atoms with E-state index in [4.69, 9.17) is 4.74 Å². The Bertz CT molecular complexity index is 580. The van der Waals surface area contributed by atoms with Crippen molar-refractivity contribution in [1.29, 1.82) is 0 Å². The fourth-order valence-electron chi connectivity index (χ4n) is 2.54. The van der Waals surface area contributed by atoms with Crippen LogP contribution in [0.3, 0.4) is 0 Å². The summed E-state index contributed by atoms with van der Waals surface area (Å²) in [5.74, 6) is 1.17. The van der Waals surface area contributed by atoms with Gasteiger partial charge in [-0.1, -0.05) is 0 Å². The van der Waals surface area contributed by atoms with Crippen molar-refractivity contribution in [2.75, 3.05) is 12.4 Å². The number of rotatable bonds is 3. The molecule has 0 fully saturated rings. The van der Waals surface area contributed by atoms with Gasteiger partial charge >= 0.3 is 0 Å². The summed E-state index contributed by atoms with van der Waals surface area (Å²) in [7, 11) is 3.59. The Balaban J connectivity index is 1.84. The molecule has 0 aliphatic heterocycles. The van der Waals surface area contributed by atoms with Crippen LogP contribution < -0.4 is 10.1 Å². The van der Waals surface area contributed by atoms with E-state index in [9.17, 15) is 0 Å². The molecule has 0 spiro atoms. The van der Waals surface area contributed by atoms with Gasteiger partial charge in [0, 0.05) is 30.6 Å². The topological polar surface area (TPSA) is 64.9 Å². The molecule has 6 heteroatoms. The Morgan fingerprint density at radius 1 is 1.47 bits per heavy atom. The highest BCUT2D eigenvalue weighted by Gasteiger charge is 2.23. The molecule has 2 aromatic heterocycles. The molecule has 0 amide bonds. The van der Waals surface area contributed by atoms with Crippen molar-refractivity contribution in [3.63, 3.8) is 0 Å². The van der Waals surface area contributed by atoms with Crippen LogP contribution in [-0.2, 0) is 13.5 Å². The van der Waals surface area contributed by atoms with E-state index in [-0.39, 0.29) is 6.04 Å². The number of aryl methyl sites for hydroxylation is 1. The van der Waals surface area contributed by atoms with Crippen LogP contribution in [0.5, 0.6) is 5.88 Å². The van der Waals surface area contributed by atoms with Gasteiger partial charge in [0.1, 0.15) is 0 Å². The van der Waals surface area contributed by atoms with E-state index >= 15 is 0 Å². The van der Waals surface area contributed by atoms with E-state index in [0.717, 1.165) is 19.3 Å². The molecule has 19 heavy (non-hydrogen) atoms. The van der Waals surface area contributed by atoms with Crippen LogP contribution in [0.2, 0.25) is 0 Å². The predicted octanol–water partition coefficient (Wildman–Crippen LogP) is 1.71. The van der Waals surface area contributed by atoms with Gasteiger partial charge in [-0.25, -0.2) is 4.98 Å². The van der Waals surface area contributed by atoms with Gasteiger partial charge in [0.15, 0.2) is 0 Å². The molecule has 6 nitrogen and oxygen atoms in total. The van der Waals surface area contributed by atoms with Gasteiger partial charge < -0.3 is 10.1 Å². The molecule has 1 aliphatic carbocycles. The van der Waals surface area contributed by atoms with Gasteiger partial charge in [0.2, 0.25) is 11.8 Å². The second-order valence-corrected chi connectivity index (χ2v) is 4.68. The SMILES string of the molecule is COc1ccnc(N[C@H]2CCCc3c2cnn3C)n1. The minimum Gasteiger partial charge on any atom is -0.481 e. The van der Waals surface area contributed by atoms with E-state index in [1.807, 2.05) is 17.9 Å². The number of hydrogen-bond acceptors (Lipinski definition) is 5. The maximum atomic E-state index is 5.11. The lowest BCUT2D eigenvalue weighted by molar-refractivity contribution is 0.397. The molecule has 0 radical (unpaired) electrons. The molecule has 0 unspecified atom stereocenters. The van der Waals surface area contributed by atoms with Crippen LogP contribution in [-0.4, -0.2) is 26.9 Å². The molecule has 0 bridgehead atoms. The zero-order chi connectivity index (χ0) is 13.2. The Kier molecular flexibility index (Phi) is 3.06. The molecule has 0 saturated carbocycles. The van der Waals surface area contributed by atoms with Gasteiger partial charge in [0.25, 0.3) is 0 Å². The summed E-state index contributed by atoms with van der Waals surface area (Å²) in [4.78, 5) is 8.53. The third kappa shape index (κ3) is 2.25. The summed E-state index contributed by atoms with van der Waals surface area (Å²) in [5.41, 5.74) is 2.55. The molecule has 2 heterocycles. The van der Waals surface area contributed by atoms with Crippen LogP contribution in [0.4, 0.5) is 5.95 Å². The van der Waals surface area contributed by atoms with Crippen LogP contribution in [0, 0.1) is 0 Å². The average Bonchev–Trinajstić information content (AvgIpc) is 2.82. The number of nitrogens with one attached hydrogen (secondary N) is 1. The molecule has 1 aliphatic rings. The molecule has 0 saturated heterocycles. The van der Waals surface area contributed by atoms with E-state index in [0.29, 0.717) is 11.8 Å². The second kappa shape index (κ2) is 4.87. The summed E-state index contributed by atoms with van der Waals surface area (Å²) in [6, 6.07) is 1.96. The monoisotopic (exact) mass is 259 g/mol. The molecular weight excluding hydrogens is 242 g/mol. The van der Waals surface area contributed by atoms with E-state index in [1.165, 1.54) is 11.3 Å². The van der Waals surface area contributed by atoms with Gasteiger partial charge in [-0.3, -0.25) is 4.68 Å². The highest BCUT2D eigenvalue weighted by atomic mass is 16.5. The highest BCUT2D eigenvalue weighted by molar-refractivity contribution is 5.36. The quantitative estimate of drug-likeness (QED) is 0.909. The van der Waals surface area contributed by atoms with Gasteiger partial charge in [0.05, 0.1) is 19.3 Å². The van der Waals surface area contributed by atoms with Crippen LogP contribution in [0.25, 0.3) is 0 Å². The third-order valence-electron chi connectivity index (χ3n) is 3.52. The fourth-order valence-corrected chi connectivity index (χ4v) is 2.54. The van der Waals surface area contributed by atoms with Crippen LogP contribution in [0.15, 0.2) is 18.5 Å². The first-order valence-corrected chi connectivity index (χ1v) is 6.42. The summed E-state index contributed by atoms with van der Waals surface area (Å²) >= 11 is 0. The van der Waals surface area contributed by atoms with Crippen LogP contribution in [0.1, 0.15) is 30.1 Å². The van der Waals surface area contributed by atoms with Crippen molar-refractivity contribution < 1.29 is 4.74 Å². The molecule has 3 rings (SSSR count). The van der Waals surface area contributed by atoms with Crippen molar-refractivity contribution in [1.82, 2.24) is 19.7 Å². The number of nitrogens with zero attached hydrogens (tertiary/aromatic N) is 4. The Hall–Kier alpha value is -2.11. The molecule has 1 atom stereocenters. The van der Waals surface area contributed by atoms with E-state index in [1.54, 1.807) is 19.4 Å². The number of aromatic nitrogens is 4. The molecule has 1 N–H and O–H groups in total. The smallest absolute Gasteiger partial charge is 0.226 e. The van der Waals surface area contributed by atoms with Gasteiger partial charge in [-0.15, -0.1) is 0 Å². The number of hydrogen-bond donors (Lipinski definition) is 1. The lowest BCUT2D eigenvalue weighted by Crippen LogP contribution is -2.19. The normalized spacial score (nSPS) is 17.9. The summed E-state index contributed by atoms with van der Waals surface area (Å²) in [5, 5.41) is 7.70. The highest BCUT2D eigenvalue weighted by Crippen LogP contribution is 2.31. The maximum Gasteiger partial charge on any atom is 0.226 e. The van der Waals surface area contributed by atoms with Crippen molar-refractivity contribution in [3.05, 3.63) is 29.7 Å². The largest absolute Gasteiger partial charge is 0.481 e. The van der Waals surface area contributed by atoms with E-state index < -0.39 is 0 Å². The van der Waals surface area contributed by atoms with Gasteiger partial charge in [-0.05, 0) is 19.3 Å². The van der Waals surface area contributed by atoms with Crippen molar-refractivity contribution >= 4 is 5.95 Å². The first-order valence-electron chi connectivity index (χ1n) is 6.42. The summed E-state index contributed by atoms with van der Waals surface area (Å²) < 4.78 is 7.06. The summed E-state index contributed by atoms with van der Waals surface area (Å²) in [6.07, 6.45) is 6.93. The molecular formula is C13H17N5O. The number of methoxy groups -OCH3 is 1. The lowest BCUT2D eigenvalue weighted by Gasteiger charge is -2.23. The van der Waals surface area contributed by atoms with Crippen molar-refractivity contribution in [2.24, 2.45) is 7.05 Å². The Morgan fingerprint density at radius 2 is 2.37 bits per heavy atom. The first kappa shape index (κ1) is 12.0. The first-order chi connectivity index (χ1) is 9.28. The molecule has 100 valence electrons. The second-order valence-electron chi connectivity index (χ2n) is 4.68. The minimum absolute atomic E-state index is 0.226. The molecule has 0 aromatic carbocycles. The fraction of sp³-hybridized carbons (Fsp3) is 0.462. The standard InChI is InChI=1S/C13H17N5O/c1-18-11-5-3-4-10(9(11)8-15-18)16-13-14-7-6-12(17-13)19-2/h6-8,10H,3-5H2,1-2H3,(H,14,16,17)/t10-/m0/s1. The summed E-state index contributed by atoms with van der Waals surface area (Å²) in [6.45, 7) is 0. The third-order valence-corrected chi connectivity index (χ3v) is 3.52. The van der Waals surface area contributed by atoms with E-state index in [2.05, 4.69) is 20.4 Å². The zero-order valence-corrected chi connectivity index (χ0v) is 11.1. The number of ether oxygens (including phenoxy) is 1. The van der Waals surface area contributed by atoms with Gasteiger partial charge in [-0.2, -0.15) is 10.1 Å². The van der Waals surface area contributed by atoms with Crippen LogP contribution >= 0.6 is 0 Å².